The molecule has 0 unspecified atom stereocenters. The lowest BCUT2D eigenvalue weighted by atomic mass is 10.1. The number of fused-ring (bicyclic) bond motifs is 1. The molecule has 6 heteroatoms. The van der Waals surface area contributed by atoms with Gasteiger partial charge in [-0.05, 0) is 12.1 Å². The van der Waals surface area contributed by atoms with Gasteiger partial charge in [0, 0.05) is 35.6 Å². The van der Waals surface area contributed by atoms with Crippen molar-refractivity contribution >= 4 is 16.8 Å². The highest BCUT2D eigenvalue weighted by molar-refractivity contribution is 5.97. The van der Waals surface area contributed by atoms with E-state index in [0.717, 1.165) is 16.5 Å². The molecule has 2 heterocycles. The number of aromatic nitrogens is 3. The normalized spacial score (nSPS) is 10.8. The van der Waals surface area contributed by atoms with E-state index in [2.05, 4.69) is 15.3 Å². The van der Waals surface area contributed by atoms with Crippen LogP contribution in [0.2, 0.25) is 0 Å². The molecular formula is C21H18N4O2. The Balaban J connectivity index is 1.40. The molecular weight excluding hydrogens is 340 g/mol. The Bertz CT molecular complexity index is 1110. The Kier molecular flexibility index (Phi) is 4.53. The highest BCUT2D eigenvalue weighted by atomic mass is 16.2. The predicted molar refractivity (Wildman–Crippen MR) is 105 cm³/mol. The van der Waals surface area contributed by atoms with E-state index in [4.69, 9.17) is 0 Å². The number of nitrogens with zero attached hydrogens (tertiary/aromatic N) is 2. The van der Waals surface area contributed by atoms with Crippen LogP contribution >= 0.6 is 0 Å². The number of aromatic amines is 1. The summed E-state index contributed by atoms with van der Waals surface area (Å²) in [5, 5.41) is 3.81. The molecule has 0 aliphatic rings. The van der Waals surface area contributed by atoms with E-state index in [1.54, 1.807) is 0 Å². The molecule has 134 valence electrons. The number of hydrogen-bond donors (Lipinski definition) is 2. The summed E-state index contributed by atoms with van der Waals surface area (Å²) in [5.41, 5.74) is 2.80. The number of hydrogen-bond acceptors (Lipinski definition) is 3. The average Bonchev–Trinajstić information content (AvgIpc) is 3.14. The van der Waals surface area contributed by atoms with Gasteiger partial charge in [-0.3, -0.25) is 14.2 Å². The van der Waals surface area contributed by atoms with Crippen molar-refractivity contribution in [3.8, 4) is 11.3 Å². The van der Waals surface area contributed by atoms with E-state index in [1.807, 2.05) is 60.7 Å². The average molecular weight is 358 g/mol. The second kappa shape index (κ2) is 7.29. The Labute approximate surface area is 155 Å². The Morgan fingerprint density at radius 1 is 1.04 bits per heavy atom. The highest BCUT2D eigenvalue weighted by Gasteiger charge is 2.09. The lowest BCUT2D eigenvalue weighted by Gasteiger charge is -2.07. The number of H-pyrrole nitrogens is 1. The summed E-state index contributed by atoms with van der Waals surface area (Å²) in [4.78, 5) is 32.0. The lowest BCUT2D eigenvalue weighted by molar-refractivity contribution is 0.0948. The molecule has 0 radical (unpaired) electrons. The van der Waals surface area contributed by atoms with Crippen LogP contribution in [-0.2, 0) is 6.54 Å². The van der Waals surface area contributed by atoms with Gasteiger partial charge in [0.15, 0.2) is 0 Å². The molecule has 6 nitrogen and oxygen atoms in total. The maximum absolute atomic E-state index is 12.3. The molecule has 4 rings (SSSR count). The smallest absolute Gasteiger partial charge is 0.267 e. The van der Waals surface area contributed by atoms with Crippen LogP contribution in [0, 0.1) is 0 Å². The fourth-order valence-corrected chi connectivity index (χ4v) is 2.94. The summed E-state index contributed by atoms with van der Waals surface area (Å²) in [6.07, 6.45) is 1.51. The largest absolute Gasteiger partial charge is 0.351 e. The molecule has 4 aromatic rings. The van der Waals surface area contributed by atoms with E-state index in [1.165, 1.54) is 17.0 Å². The van der Waals surface area contributed by atoms with Gasteiger partial charge in [-0.25, -0.2) is 4.98 Å². The molecule has 0 aliphatic carbocycles. The van der Waals surface area contributed by atoms with Crippen molar-refractivity contribution in [2.24, 2.45) is 0 Å². The first-order valence-corrected chi connectivity index (χ1v) is 8.68. The van der Waals surface area contributed by atoms with Crippen LogP contribution in [0.5, 0.6) is 0 Å². The van der Waals surface area contributed by atoms with Crippen molar-refractivity contribution in [2.75, 3.05) is 6.54 Å². The minimum Gasteiger partial charge on any atom is -0.351 e. The summed E-state index contributed by atoms with van der Waals surface area (Å²) in [5.74, 6) is -0.201. The lowest BCUT2D eigenvalue weighted by Crippen LogP contribution is -2.31. The summed E-state index contributed by atoms with van der Waals surface area (Å²) >= 11 is 0. The number of amides is 1. The van der Waals surface area contributed by atoms with Crippen molar-refractivity contribution in [1.82, 2.24) is 19.9 Å². The van der Waals surface area contributed by atoms with Crippen LogP contribution < -0.4 is 10.9 Å². The predicted octanol–water partition coefficient (Wildman–Crippen LogP) is 2.82. The third kappa shape index (κ3) is 3.64. The van der Waals surface area contributed by atoms with E-state index in [0.29, 0.717) is 24.5 Å². The van der Waals surface area contributed by atoms with Crippen LogP contribution in [0.15, 0.2) is 77.9 Å². The maximum Gasteiger partial charge on any atom is 0.267 e. The maximum atomic E-state index is 12.3. The molecule has 0 saturated carbocycles. The summed E-state index contributed by atoms with van der Waals surface area (Å²) in [6.45, 7) is 0.688. The van der Waals surface area contributed by atoms with Crippen molar-refractivity contribution in [3.63, 3.8) is 0 Å². The van der Waals surface area contributed by atoms with Gasteiger partial charge in [0.25, 0.3) is 11.5 Å². The van der Waals surface area contributed by atoms with Gasteiger partial charge in [0.1, 0.15) is 5.69 Å². The fourth-order valence-electron chi connectivity index (χ4n) is 2.94. The van der Waals surface area contributed by atoms with Crippen LogP contribution in [0.4, 0.5) is 0 Å². The molecule has 1 amide bonds. The minimum atomic E-state index is -0.201. The first kappa shape index (κ1) is 16.8. The van der Waals surface area contributed by atoms with Crippen LogP contribution in [-0.4, -0.2) is 27.0 Å². The van der Waals surface area contributed by atoms with Crippen LogP contribution in [0.25, 0.3) is 22.2 Å². The molecule has 0 bridgehead atoms. The monoisotopic (exact) mass is 358 g/mol. The fraction of sp³-hybridized carbons (Fsp3) is 0.0952. The number of carbonyl (C=O) groups is 1. The Morgan fingerprint density at radius 3 is 2.59 bits per heavy atom. The first-order valence-electron chi connectivity index (χ1n) is 8.68. The second-order valence-corrected chi connectivity index (χ2v) is 6.20. The third-order valence-electron chi connectivity index (χ3n) is 4.36. The zero-order chi connectivity index (χ0) is 18.6. The summed E-state index contributed by atoms with van der Waals surface area (Å²) in [6, 6.07) is 20.6. The van der Waals surface area contributed by atoms with E-state index in [-0.39, 0.29) is 11.5 Å². The van der Waals surface area contributed by atoms with Crippen molar-refractivity contribution in [3.05, 3.63) is 89.1 Å². The Hall–Kier alpha value is -3.67. The molecule has 2 aromatic carbocycles. The van der Waals surface area contributed by atoms with Gasteiger partial charge in [0.05, 0.1) is 12.0 Å². The topological polar surface area (TPSA) is 79.8 Å². The zero-order valence-electron chi connectivity index (χ0n) is 14.6. The minimum absolute atomic E-state index is 0.149. The molecule has 2 N–H and O–H groups in total. The van der Waals surface area contributed by atoms with Crippen LogP contribution in [0.3, 0.4) is 0 Å². The van der Waals surface area contributed by atoms with Gasteiger partial charge in [-0.2, -0.15) is 0 Å². The van der Waals surface area contributed by atoms with Crippen molar-refractivity contribution in [1.29, 1.82) is 0 Å². The third-order valence-corrected chi connectivity index (χ3v) is 4.36. The molecule has 2 aromatic heterocycles. The zero-order valence-corrected chi connectivity index (χ0v) is 14.6. The van der Waals surface area contributed by atoms with Gasteiger partial charge in [0.2, 0.25) is 0 Å². The number of para-hydroxylation sites is 1. The molecule has 0 aliphatic heterocycles. The second-order valence-electron chi connectivity index (χ2n) is 6.20. The van der Waals surface area contributed by atoms with Gasteiger partial charge < -0.3 is 10.3 Å². The number of rotatable bonds is 5. The molecule has 0 saturated heterocycles. The number of nitrogens with one attached hydrogen (secondary N) is 2. The molecule has 0 atom stereocenters. The number of benzene rings is 2. The van der Waals surface area contributed by atoms with E-state index < -0.39 is 0 Å². The van der Waals surface area contributed by atoms with Gasteiger partial charge >= 0.3 is 0 Å². The Morgan fingerprint density at radius 2 is 1.81 bits per heavy atom. The number of carbonyl (C=O) groups excluding carboxylic acids is 1. The molecule has 0 fully saturated rings. The van der Waals surface area contributed by atoms with E-state index in [9.17, 15) is 9.59 Å². The SMILES string of the molecule is O=C(NCCn1cnc(-c2ccccc2)cc1=O)c1cc2ccccc2[nH]1. The van der Waals surface area contributed by atoms with Gasteiger partial charge in [-0.15, -0.1) is 0 Å². The standard InChI is InChI=1S/C21H18N4O2/c26-20-13-18(15-6-2-1-3-7-15)23-14-25(20)11-10-22-21(27)19-12-16-8-4-5-9-17(16)24-19/h1-9,12-14,24H,10-11H2,(H,22,27). The molecule has 27 heavy (non-hydrogen) atoms. The van der Waals surface area contributed by atoms with Gasteiger partial charge in [-0.1, -0.05) is 48.5 Å². The van der Waals surface area contributed by atoms with Crippen molar-refractivity contribution in [2.45, 2.75) is 6.54 Å². The molecule has 0 spiro atoms. The van der Waals surface area contributed by atoms with Crippen LogP contribution in [0.1, 0.15) is 10.5 Å². The quantitative estimate of drug-likeness (QED) is 0.576. The summed E-state index contributed by atoms with van der Waals surface area (Å²) in [7, 11) is 0. The van der Waals surface area contributed by atoms with E-state index >= 15 is 0 Å². The van der Waals surface area contributed by atoms with Crippen molar-refractivity contribution < 1.29 is 4.79 Å². The highest BCUT2D eigenvalue weighted by Crippen LogP contribution is 2.14. The summed E-state index contributed by atoms with van der Waals surface area (Å²) < 4.78 is 1.48. The first-order chi connectivity index (χ1) is 13.2.